The Labute approximate surface area is 81.1 Å². The predicted molar refractivity (Wildman–Crippen MR) is 49.7 cm³/mol. The van der Waals surface area contributed by atoms with Gasteiger partial charge in [0.2, 0.25) is 0 Å². The Bertz CT molecular complexity index is 350. The molecule has 0 atom stereocenters. The van der Waals surface area contributed by atoms with Crippen molar-refractivity contribution in [2.45, 2.75) is 11.8 Å². The van der Waals surface area contributed by atoms with Crippen LogP contribution in [0.1, 0.15) is 15.9 Å². The molecule has 0 saturated heterocycles. The van der Waals surface area contributed by atoms with Crippen LogP contribution in [0.2, 0.25) is 0 Å². The van der Waals surface area contributed by atoms with Gasteiger partial charge in [0, 0.05) is 4.90 Å². The average molecular weight is 200 g/mol. The van der Waals surface area contributed by atoms with Gasteiger partial charge in [-0.05, 0) is 24.6 Å². The van der Waals surface area contributed by atoms with Gasteiger partial charge in [-0.2, -0.15) is 0 Å². The smallest absolute Gasteiger partial charge is 0.338 e. The Morgan fingerprint density at radius 2 is 2.15 bits per heavy atom. The number of hydrogen-bond acceptors (Lipinski definition) is 3. The molecule has 4 heteroatoms. The maximum atomic E-state index is 12.9. The van der Waals surface area contributed by atoms with E-state index in [2.05, 4.69) is 17.4 Å². The molecule has 0 aromatic heterocycles. The van der Waals surface area contributed by atoms with Crippen LogP contribution >= 0.6 is 12.6 Å². The summed E-state index contributed by atoms with van der Waals surface area (Å²) < 4.78 is 17.4. The number of methoxy groups -OCH3 is 1. The summed E-state index contributed by atoms with van der Waals surface area (Å²) in [6.07, 6.45) is 0. The van der Waals surface area contributed by atoms with Gasteiger partial charge in [0.1, 0.15) is 5.82 Å². The number of carbonyl (C=O) groups excluding carboxylic acids is 1. The molecule has 0 aliphatic carbocycles. The molecule has 0 aliphatic rings. The summed E-state index contributed by atoms with van der Waals surface area (Å²) in [5.41, 5.74) is 0.885. The Morgan fingerprint density at radius 1 is 1.54 bits per heavy atom. The number of carbonyl (C=O) groups is 1. The molecule has 2 nitrogen and oxygen atoms in total. The van der Waals surface area contributed by atoms with Gasteiger partial charge in [0.05, 0.1) is 12.7 Å². The lowest BCUT2D eigenvalue weighted by atomic mass is 10.1. The molecule has 0 spiro atoms. The molecule has 0 bridgehead atoms. The van der Waals surface area contributed by atoms with Crippen molar-refractivity contribution in [1.29, 1.82) is 0 Å². The first kappa shape index (κ1) is 10.1. The van der Waals surface area contributed by atoms with E-state index in [4.69, 9.17) is 0 Å². The van der Waals surface area contributed by atoms with Crippen molar-refractivity contribution in [3.63, 3.8) is 0 Å². The quantitative estimate of drug-likeness (QED) is 0.555. The fourth-order valence-electron chi connectivity index (χ4n) is 0.991. The third-order valence-electron chi connectivity index (χ3n) is 1.70. The molecule has 0 amide bonds. The van der Waals surface area contributed by atoms with Crippen LogP contribution in [-0.4, -0.2) is 13.1 Å². The zero-order chi connectivity index (χ0) is 10.0. The molecule has 70 valence electrons. The normalized spacial score (nSPS) is 9.85. The van der Waals surface area contributed by atoms with E-state index in [1.54, 1.807) is 6.92 Å². The van der Waals surface area contributed by atoms with Crippen molar-refractivity contribution < 1.29 is 13.9 Å². The fraction of sp³-hybridized carbons (Fsp3) is 0.222. The Hall–Kier alpha value is -1.03. The molecule has 0 unspecified atom stereocenters. The summed E-state index contributed by atoms with van der Waals surface area (Å²) in [5.74, 6) is -0.915. The first-order valence-corrected chi connectivity index (χ1v) is 4.08. The van der Waals surface area contributed by atoms with E-state index >= 15 is 0 Å². The van der Waals surface area contributed by atoms with E-state index in [9.17, 15) is 9.18 Å². The molecule has 0 radical (unpaired) electrons. The third kappa shape index (κ3) is 2.01. The number of hydrogen-bond donors (Lipinski definition) is 1. The van der Waals surface area contributed by atoms with Crippen molar-refractivity contribution in [3.05, 3.63) is 29.1 Å². The molecular weight excluding hydrogens is 191 g/mol. The molecular formula is C9H9FO2S. The average Bonchev–Trinajstić information content (AvgIpc) is 2.10. The maximum absolute atomic E-state index is 12.9. The lowest BCUT2D eigenvalue weighted by Gasteiger charge is -2.04. The highest BCUT2D eigenvalue weighted by molar-refractivity contribution is 7.80. The molecule has 0 aliphatic heterocycles. The van der Waals surface area contributed by atoms with Crippen LogP contribution in [0.3, 0.4) is 0 Å². The number of halogens is 1. The summed E-state index contributed by atoms with van der Waals surface area (Å²) in [5, 5.41) is 0. The van der Waals surface area contributed by atoms with Gasteiger partial charge in [-0.25, -0.2) is 9.18 Å². The van der Waals surface area contributed by atoms with Crippen LogP contribution in [0.5, 0.6) is 0 Å². The number of aryl methyl sites for hydroxylation is 1. The minimum Gasteiger partial charge on any atom is -0.465 e. The van der Waals surface area contributed by atoms with Crippen LogP contribution in [0.4, 0.5) is 4.39 Å². The zero-order valence-corrected chi connectivity index (χ0v) is 8.19. The standard InChI is InChI=1S/C9H9FO2S/c1-5-3-7(10)8(13)4-6(5)9(11)12-2/h3-4,13H,1-2H3. The molecule has 13 heavy (non-hydrogen) atoms. The minimum atomic E-state index is -0.479. The molecule has 0 saturated carbocycles. The van der Waals surface area contributed by atoms with Crippen LogP contribution < -0.4 is 0 Å². The van der Waals surface area contributed by atoms with E-state index in [1.807, 2.05) is 0 Å². The second kappa shape index (κ2) is 3.79. The van der Waals surface area contributed by atoms with Crippen molar-refractivity contribution in [2.75, 3.05) is 7.11 Å². The molecule has 0 heterocycles. The van der Waals surface area contributed by atoms with Crippen LogP contribution in [-0.2, 0) is 4.74 Å². The number of benzene rings is 1. The highest BCUT2D eigenvalue weighted by atomic mass is 32.1. The van der Waals surface area contributed by atoms with E-state index in [0.717, 1.165) is 0 Å². The Balaban J connectivity index is 3.23. The van der Waals surface area contributed by atoms with Gasteiger partial charge in [-0.15, -0.1) is 12.6 Å². The van der Waals surface area contributed by atoms with Crippen molar-refractivity contribution in [2.24, 2.45) is 0 Å². The zero-order valence-electron chi connectivity index (χ0n) is 7.30. The highest BCUT2D eigenvalue weighted by Gasteiger charge is 2.11. The lowest BCUT2D eigenvalue weighted by molar-refractivity contribution is 0.0599. The molecule has 1 aromatic rings. The highest BCUT2D eigenvalue weighted by Crippen LogP contribution is 2.18. The fourth-order valence-corrected chi connectivity index (χ4v) is 1.18. The SMILES string of the molecule is COC(=O)c1cc(S)c(F)cc1C. The molecule has 0 N–H and O–H groups in total. The van der Waals surface area contributed by atoms with E-state index in [-0.39, 0.29) is 4.90 Å². The van der Waals surface area contributed by atoms with Crippen molar-refractivity contribution in [1.82, 2.24) is 0 Å². The van der Waals surface area contributed by atoms with Gasteiger partial charge < -0.3 is 4.74 Å². The maximum Gasteiger partial charge on any atom is 0.338 e. The topological polar surface area (TPSA) is 26.3 Å². The Morgan fingerprint density at radius 3 is 2.69 bits per heavy atom. The van der Waals surface area contributed by atoms with Gasteiger partial charge in [0.25, 0.3) is 0 Å². The second-order valence-electron chi connectivity index (χ2n) is 2.61. The first-order valence-electron chi connectivity index (χ1n) is 3.63. The van der Waals surface area contributed by atoms with E-state index < -0.39 is 11.8 Å². The summed E-state index contributed by atoms with van der Waals surface area (Å²) in [6.45, 7) is 1.64. The van der Waals surface area contributed by atoms with Crippen LogP contribution in [0, 0.1) is 12.7 Å². The molecule has 1 aromatic carbocycles. The second-order valence-corrected chi connectivity index (χ2v) is 3.09. The number of rotatable bonds is 1. The summed E-state index contributed by atoms with van der Waals surface area (Å²) >= 11 is 3.87. The van der Waals surface area contributed by atoms with Crippen molar-refractivity contribution in [3.8, 4) is 0 Å². The summed E-state index contributed by atoms with van der Waals surface area (Å²) in [7, 11) is 1.28. The summed E-state index contributed by atoms with van der Waals surface area (Å²) in [4.78, 5) is 11.3. The minimum absolute atomic E-state index is 0.144. The predicted octanol–water partition coefficient (Wildman–Crippen LogP) is 2.21. The number of esters is 1. The van der Waals surface area contributed by atoms with Crippen LogP contribution in [0.15, 0.2) is 17.0 Å². The van der Waals surface area contributed by atoms with Gasteiger partial charge in [-0.1, -0.05) is 0 Å². The number of ether oxygens (including phenoxy) is 1. The molecule has 1 rings (SSSR count). The monoisotopic (exact) mass is 200 g/mol. The van der Waals surface area contributed by atoms with Gasteiger partial charge in [0.15, 0.2) is 0 Å². The van der Waals surface area contributed by atoms with Crippen molar-refractivity contribution >= 4 is 18.6 Å². The number of thiol groups is 1. The van der Waals surface area contributed by atoms with Gasteiger partial charge in [-0.3, -0.25) is 0 Å². The first-order chi connectivity index (χ1) is 6.06. The van der Waals surface area contributed by atoms with E-state index in [1.165, 1.54) is 19.2 Å². The Kier molecular flexibility index (Phi) is 2.93. The van der Waals surface area contributed by atoms with E-state index in [0.29, 0.717) is 11.1 Å². The summed E-state index contributed by atoms with van der Waals surface area (Å²) in [6, 6.07) is 2.62. The lowest BCUT2D eigenvalue weighted by Crippen LogP contribution is -2.04. The molecule has 0 fully saturated rings. The third-order valence-corrected chi connectivity index (χ3v) is 2.04. The largest absolute Gasteiger partial charge is 0.465 e. The van der Waals surface area contributed by atoms with Crippen LogP contribution in [0.25, 0.3) is 0 Å². The van der Waals surface area contributed by atoms with Gasteiger partial charge >= 0.3 is 5.97 Å².